The molecule has 9 heteroatoms. The number of ether oxygens (including phenoxy) is 3. The summed E-state index contributed by atoms with van der Waals surface area (Å²) in [5, 5.41) is 3.77. The van der Waals surface area contributed by atoms with Gasteiger partial charge in [0, 0.05) is 86.0 Å². The Morgan fingerprint density at radius 3 is 2.65 bits per heavy atom. The zero-order valence-electron chi connectivity index (χ0n) is 24.5. The standard InChI is InChI=1S/C34H37N5O4/c1-41-33-8-5-23(21-35-33)22-38-11-9-26(10-12-38)36-27-6-7-31-25(18-27)17-24-3-2-4-29(34(24)43-31)30-19-28(20-32(40)37-30)39-13-15-42-16-14-39/h2-8,18-21,26,36H,9-17,22H2,1H3,(H,37,40). The summed E-state index contributed by atoms with van der Waals surface area (Å²) in [4.78, 5) is 24.7. The van der Waals surface area contributed by atoms with Crippen LogP contribution in [-0.4, -0.2) is 67.4 Å². The van der Waals surface area contributed by atoms with Crippen LogP contribution in [0.25, 0.3) is 11.3 Å². The third kappa shape index (κ3) is 6.09. The van der Waals surface area contributed by atoms with Gasteiger partial charge in [0.25, 0.3) is 0 Å². The van der Waals surface area contributed by atoms with Crippen LogP contribution in [0.15, 0.2) is 71.7 Å². The molecule has 0 bridgehead atoms. The molecule has 3 aliphatic heterocycles. The van der Waals surface area contributed by atoms with E-state index in [0.717, 1.165) is 97.2 Å². The van der Waals surface area contributed by atoms with Gasteiger partial charge >= 0.3 is 0 Å². The average Bonchev–Trinajstić information content (AvgIpc) is 3.05. The number of H-pyrrole nitrogens is 1. The van der Waals surface area contributed by atoms with Crippen molar-refractivity contribution in [2.75, 3.05) is 56.7 Å². The Balaban J connectivity index is 1.02. The Hall–Kier alpha value is -4.34. The normalized spacial score (nSPS) is 17.1. The topological polar surface area (TPSA) is 92.0 Å². The molecule has 0 amide bonds. The molecule has 9 nitrogen and oxygen atoms in total. The van der Waals surface area contributed by atoms with E-state index in [1.54, 1.807) is 13.2 Å². The molecule has 0 atom stereocenters. The maximum absolute atomic E-state index is 12.6. The fourth-order valence-corrected chi connectivity index (χ4v) is 6.31. The van der Waals surface area contributed by atoms with Crippen LogP contribution in [-0.2, 0) is 17.7 Å². The molecule has 0 spiro atoms. The highest BCUT2D eigenvalue weighted by Gasteiger charge is 2.24. The number of aromatic nitrogens is 2. The number of aromatic amines is 1. The van der Waals surface area contributed by atoms with Crippen molar-refractivity contribution in [2.45, 2.75) is 31.8 Å². The number of rotatable bonds is 7. The molecule has 7 rings (SSSR count). The molecular formula is C34H37N5O4. The van der Waals surface area contributed by atoms with E-state index in [0.29, 0.717) is 25.1 Å². The Kier molecular flexibility index (Phi) is 7.74. The first-order valence-electron chi connectivity index (χ1n) is 15.1. The fraction of sp³-hybridized carbons (Fsp3) is 0.353. The van der Waals surface area contributed by atoms with Gasteiger partial charge in [-0.3, -0.25) is 9.69 Å². The SMILES string of the molecule is COc1ccc(CN2CCC(Nc3ccc4c(c3)Cc3cccc(-c5cc(N6CCOCC6)cc(=O)[nH]5)c3O4)CC2)cn1. The van der Waals surface area contributed by atoms with Crippen LogP contribution in [0.5, 0.6) is 17.4 Å². The van der Waals surface area contributed by atoms with Crippen LogP contribution in [0.2, 0.25) is 0 Å². The lowest BCUT2D eigenvalue weighted by atomic mass is 9.95. The van der Waals surface area contributed by atoms with Crippen molar-refractivity contribution in [1.82, 2.24) is 14.9 Å². The number of likely N-dealkylation sites (tertiary alicyclic amines) is 1. The lowest BCUT2D eigenvalue weighted by molar-refractivity contribution is 0.122. The molecule has 0 saturated carbocycles. The molecule has 4 aromatic rings. The van der Waals surface area contributed by atoms with Gasteiger partial charge in [-0.25, -0.2) is 4.98 Å². The van der Waals surface area contributed by atoms with Crippen molar-refractivity contribution in [1.29, 1.82) is 0 Å². The molecule has 43 heavy (non-hydrogen) atoms. The van der Waals surface area contributed by atoms with E-state index in [4.69, 9.17) is 14.2 Å². The first-order valence-corrected chi connectivity index (χ1v) is 15.1. The molecule has 2 aromatic carbocycles. The molecule has 5 heterocycles. The van der Waals surface area contributed by atoms with Gasteiger partial charge in [-0.1, -0.05) is 18.2 Å². The van der Waals surface area contributed by atoms with Gasteiger partial charge in [0.2, 0.25) is 11.4 Å². The van der Waals surface area contributed by atoms with Crippen molar-refractivity contribution >= 4 is 11.4 Å². The third-order valence-corrected chi connectivity index (χ3v) is 8.62. The second-order valence-electron chi connectivity index (χ2n) is 11.5. The van der Waals surface area contributed by atoms with Crippen LogP contribution < -0.4 is 25.2 Å². The van der Waals surface area contributed by atoms with Crippen molar-refractivity contribution < 1.29 is 14.2 Å². The molecule has 222 valence electrons. The monoisotopic (exact) mass is 579 g/mol. The Bertz CT molecular complexity index is 1640. The number of fused-ring (bicyclic) bond motifs is 2. The maximum Gasteiger partial charge on any atom is 0.250 e. The van der Waals surface area contributed by atoms with Crippen LogP contribution in [0, 0.1) is 0 Å². The lowest BCUT2D eigenvalue weighted by Crippen LogP contribution is -2.38. The van der Waals surface area contributed by atoms with E-state index >= 15 is 0 Å². The number of piperidine rings is 1. The number of nitrogens with one attached hydrogen (secondary N) is 2. The summed E-state index contributed by atoms with van der Waals surface area (Å²) in [5.41, 5.74) is 7.07. The molecular weight excluding hydrogens is 542 g/mol. The molecule has 0 unspecified atom stereocenters. The summed E-state index contributed by atoms with van der Waals surface area (Å²) in [6.45, 7) is 5.88. The van der Waals surface area contributed by atoms with Crippen molar-refractivity contribution in [3.05, 3.63) is 93.9 Å². The molecule has 2 saturated heterocycles. The predicted molar refractivity (Wildman–Crippen MR) is 168 cm³/mol. The number of nitrogens with zero attached hydrogens (tertiary/aromatic N) is 3. The van der Waals surface area contributed by atoms with Crippen molar-refractivity contribution in [3.63, 3.8) is 0 Å². The summed E-state index contributed by atoms with van der Waals surface area (Å²) >= 11 is 0. The maximum atomic E-state index is 12.6. The predicted octanol–water partition coefficient (Wildman–Crippen LogP) is 5.06. The van der Waals surface area contributed by atoms with E-state index in [-0.39, 0.29) is 5.56 Å². The minimum atomic E-state index is -0.118. The quantitative estimate of drug-likeness (QED) is 0.277. The number of anilines is 2. The highest BCUT2D eigenvalue weighted by molar-refractivity contribution is 5.74. The van der Waals surface area contributed by atoms with Crippen LogP contribution in [0.3, 0.4) is 0 Å². The zero-order valence-corrected chi connectivity index (χ0v) is 24.5. The number of para-hydroxylation sites is 1. The first kappa shape index (κ1) is 27.5. The number of methoxy groups -OCH3 is 1. The second kappa shape index (κ2) is 12.1. The number of hydrogen-bond donors (Lipinski definition) is 2. The van der Waals surface area contributed by atoms with Crippen LogP contribution in [0.4, 0.5) is 11.4 Å². The molecule has 0 aliphatic carbocycles. The summed E-state index contributed by atoms with van der Waals surface area (Å²) in [6.07, 6.45) is 4.85. The molecule has 2 aromatic heterocycles. The third-order valence-electron chi connectivity index (χ3n) is 8.62. The number of morpholine rings is 1. The minimum Gasteiger partial charge on any atom is -0.481 e. The average molecular weight is 580 g/mol. The van der Waals surface area contributed by atoms with E-state index < -0.39 is 0 Å². The van der Waals surface area contributed by atoms with Gasteiger partial charge in [0.05, 0.1) is 26.0 Å². The van der Waals surface area contributed by atoms with Gasteiger partial charge in [0.1, 0.15) is 11.5 Å². The van der Waals surface area contributed by atoms with Crippen LogP contribution >= 0.6 is 0 Å². The van der Waals surface area contributed by atoms with E-state index in [1.165, 1.54) is 5.56 Å². The van der Waals surface area contributed by atoms with Gasteiger partial charge in [-0.15, -0.1) is 0 Å². The lowest BCUT2D eigenvalue weighted by Gasteiger charge is -2.33. The Morgan fingerprint density at radius 2 is 1.86 bits per heavy atom. The van der Waals surface area contributed by atoms with E-state index in [2.05, 4.69) is 55.4 Å². The zero-order chi connectivity index (χ0) is 29.2. The minimum absolute atomic E-state index is 0.118. The van der Waals surface area contributed by atoms with Crippen LogP contribution in [0.1, 0.15) is 29.5 Å². The Morgan fingerprint density at radius 1 is 1.00 bits per heavy atom. The van der Waals surface area contributed by atoms with Gasteiger partial charge in [0.15, 0.2) is 0 Å². The number of benzene rings is 2. The highest BCUT2D eigenvalue weighted by Crippen LogP contribution is 2.43. The molecule has 2 N–H and O–H groups in total. The Labute approximate surface area is 251 Å². The summed E-state index contributed by atoms with van der Waals surface area (Å²) in [6, 6.07) is 20.7. The van der Waals surface area contributed by atoms with E-state index in [1.807, 2.05) is 30.5 Å². The molecule has 2 fully saturated rings. The van der Waals surface area contributed by atoms with Gasteiger partial charge in [-0.05, 0) is 54.3 Å². The fourth-order valence-electron chi connectivity index (χ4n) is 6.31. The second-order valence-corrected chi connectivity index (χ2v) is 11.5. The van der Waals surface area contributed by atoms with Gasteiger partial charge in [-0.2, -0.15) is 0 Å². The smallest absolute Gasteiger partial charge is 0.250 e. The van der Waals surface area contributed by atoms with E-state index in [9.17, 15) is 4.79 Å². The van der Waals surface area contributed by atoms with Crippen molar-refractivity contribution in [2.24, 2.45) is 0 Å². The summed E-state index contributed by atoms with van der Waals surface area (Å²) in [5.74, 6) is 2.32. The highest BCUT2D eigenvalue weighted by atomic mass is 16.5. The molecule has 3 aliphatic rings. The summed E-state index contributed by atoms with van der Waals surface area (Å²) < 4.78 is 17.2. The van der Waals surface area contributed by atoms with Crippen molar-refractivity contribution in [3.8, 4) is 28.6 Å². The molecule has 0 radical (unpaired) electrons. The summed E-state index contributed by atoms with van der Waals surface area (Å²) in [7, 11) is 1.64. The number of pyridine rings is 2. The largest absolute Gasteiger partial charge is 0.481 e. The number of hydrogen-bond acceptors (Lipinski definition) is 8. The first-order chi connectivity index (χ1) is 21.1. The van der Waals surface area contributed by atoms with Gasteiger partial charge < -0.3 is 29.4 Å².